The van der Waals surface area contributed by atoms with E-state index in [9.17, 15) is 26.4 Å². The van der Waals surface area contributed by atoms with E-state index in [1.165, 1.54) is 55.5 Å². The second-order valence-electron chi connectivity index (χ2n) is 5.99. The third-order valence-electron chi connectivity index (χ3n) is 3.76. The van der Waals surface area contributed by atoms with E-state index in [0.29, 0.717) is 10.5 Å². The molecule has 11 heteroatoms. The van der Waals surface area contributed by atoms with Crippen LogP contribution in [0.4, 0.5) is 18.9 Å². The molecule has 1 aromatic heterocycles. The van der Waals surface area contributed by atoms with E-state index in [1.54, 1.807) is 6.07 Å². The number of nitrogens with one attached hydrogen (secondary N) is 2. The van der Waals surface area contributed by atoms with Crippen molar-refractivity contribution in [3.05, 3.63) is 66.4 Å². The minimum absolute atomic E-state index is 0.119. The number of benzene rings is 2. The molecule has 0 saturated carbocycles. The first-order valence-corrected chi connectivity index (χ1v) is 9.68. The van der Waals surface area contributed by atoms with Gasteiger partial charge in [-0.3, -0.25) is 4.79 Å². The molecule has 0 saturated heterocycles. The number of anilines is 1. The molecule has 3 aromatic rings. The number of hydrogen-bond donors (Lipinski definition) is 2. The van der Waals surface area contributed by atoms with Crippen LogP contribution in [0.15, 0.2) is 65.6 Å². The summed E-state index contributed by atoms with van der Waals surface area (Å²) in [4.78, 5) is 13.6. The van der Waals surface area contributed by atoms with Crippen LogP contribution in [0, 0.1) is 0 Å². The lowest BCUT2D eigenvalue weighted by Crippen LogP contribution is -2.25. The topological polar surface area (TPSA) is 93.1 Å². The van der Waals surface area contributed by atoms with E-state index < -0.39 is 21.9 Å². The molecule has 2 N–H and O–H groups in total. The van der Waals surface area contributed by atoms with Gasteiger partial charge in [0.2, 0.25) is 5.91 Å². The molecule has 7 nitrogen and oxygen atoms in total. The van der Waals surface area contributed by atoms with Gasteiger partial charge in [0.25, 0.3) is 10.0 Å². The fourth-order valence-corrected chi connectivity index (χ4v) is 3.48. The molecule has 0 spiro atoms. The second-order valence-corrected chi connectivity index (χ2v) is 7.65. The molecule has 0 bridgehead atoms. The molecular formula is C18H15F3N4O3S. The first-order chi connectivity index (χ1) is 13.6. The number of sulfonamides is 1. The van der Waals surface area contributed by atoms with Gasteiger partial charge < -0.3 is 5.32 Å². The molecule has 29 heavy (non-hydrogen) atoms. The van der Waals surface area contributed by atoms with Gasteiger partial charge in [0.15, 0.2) is 5.69 Å². The second kappa shape index (κ2) is 7.59. The van der Waals surface area contributed by atoms with Crippen molar-refractivity contribution in [2.45, 2.75) is 18.0 Å². The van der Waals surface area contributed by atoms with Crippen molar-refractivity contribution < 1.29 is 26.4 Å². The summed E-state index contributed by atoms with van der Waals surface area (Å²) in [5.74, 6) is -0.308. The van der Waals surface area contributed by atoms with Gasteiger partial charge in [0.05, 0.1) is 10.6 Å². The maximum absolute atomic E-state index is 13.2. The fourth-order valence-electron chi connectivity index (χ4n) is 2.49. The fraction of sp³-hybridized carbons (Fsp3) is 0.111. The third kappa shape index (κ3) is 4.74. The van der Waals surface area contributed by atoms with Crippen LogP contribution in [0.25, 0.3) is 11.3 Å². The first kappa shape index (κ1) is 20.4. The minimum atomic E-state index is -4.77. The number of carbonyl (C=O) groups is 1. The summed E-state index contributed by atoms with van der Waals surface area (Å²) in [7, 11) is -4.17. The Kier molecular flexibility index (Phi) is 5.33. The van der Waals surface area contributed by atoms with Gasteiger partial charge in [-0.1, -0.05) is 30.3 Å². The number of halogens is 3. The Balaban J connectivity index is 2.03. The van der Waals surface area contributed by atoms with Crippen molar-refractivity contribution in [2.75, 3.05) is 10.1 Å². The van der Waals surface area contributed by atoms with Gasteiger partial charge in [-0.05, 0) is 30.3 Å². The summed E-state index contributed by atoms with van der Waals surface area (Å²) in [6.07, 6.45) is -4.77. The maximum Gasteiger partial charge on any atom is 0.435 e. The molecule has 152 valence electrons. The largest absolute Gasteiger partial charge is 0.435 e. The maximum atomic E-state index is 13.2. The van der Waals surface area contributed by atoms with E-state index in [4.69, 9.17) is 0 Å². The van der Waals surface area contributed by atoms with Crippen molar-refractivity contribution in [1.29, 1.82) is 0 Å². The Morgan fingerprint density at radius 3 is 2.21 bits per heavy atom. The van der Waals surface area contributed by atoms with Crippen LogP contribution in [-0.4, -0.2) is 24.2 Å². The summed E-state index contributed by atoms with van der Waals surface area (Å²) < 4.78 is 64.5. The smallest absolute Gasteiger partial charge is 0.326 e. The molecule has 2 aromatic carbocycles. The van der Waals surface area contributed by atoms with Gasteiger partial charge >= 0.3 is 6.18 Å². The highest BCUT2D eigenvalue weighted by Crippen LogP contribution is 2.32. The number of amides is 1. The van der Waals surface area contributed by atoms with E-state index >= 15 is 0 Å². The molecule has 0 aliphatic carbocycles. The van der Waals surface area contributed by atoms with E-state index in [1.807, 2.05) is 4.83 Å². The lowest BCUT2D eigenvalue weighted by atomic mass is 10.1. The van der Waals surface area contributed by atoms with Gasteiger partial charge in [-0.2, -0.15) is 31.2 Å². The van der Waals surface area contributed by atoms with Crippen molar-refractivity contribution in [2.24, 2.45) is 0 Å². The molecular weight excluding hydrogens is 409 g/mol. The lowest BCUT2D eigenvalue weighted by molar-refractivity contribution is -0.141. The zero-order valence-electron chi connectivity index (χ0n) is 14.9. The summed E-state index contributed by atoms with van der Waals surface area (Å²) in [6, 6.07) is 13.8. The molecule has 0 atom stereocenters. The van der Waals surface area contributed by atoms with Crippen LogP contribution in [0.3, 0.4) is 0 Å². The Labute approximate surface area is 164 Å². The first-order valence-electron chi connectivity index (χ1n) is 8.19. The Bertz CT molecular complexity index is 1130. The molecule has 0 radical (unpaired) electrons. The molecule has 0 aliphatic rings. The normalized spacial score (nSPS) is 11.9. The molecule has 0 fully saturated rings. The predicted molar refractivity (Wildman–Crippen MR) is 100.0 cm³/mol. The number of alkyl halides is 3. The van der Waals surface area contributed by atoms with Crippen LogP contribution in [-0.2, 0) is 21.0 Å². The van der Waals surface area contributed by atoms with Crippen LogP contribution in [0.2, 0.25) is 0 Å². The summed E-state index contributed by atoms with van der Waals surface area (Å²) in [5, 5.41) is 5.91. The number of nitrogens with zero attached hydrogens (tertiary/aromatic N) is 2. The van der Waals surface area contributed by atoms with E-state index in [0.717, 1.165) is 6.07 Å². The summed E-state index contributed by atoms with van der Waals surface area (Å²) in [6.45, 7) is 1.32. The van der Waals surface area contributed by atoms with Crippen molar-refractivity contribution >= 4 is 21.6 Å². The van der Waals surface area contributed by atoms with Gasteiger partial charge in [0, 0.05) is 18.2 Å². The number of hydrogen-bond acceptors (Lipinski definition) is 4. The van der Waals surface area contributed by atoms with Crippen LogP contribution in [0.1, 0.15) is 12.6 Å². The monoisotopic (exact) mass is 424 g/mol. The molecule has 3 rings (SSSR count). The highest BCUT2D eigenvalue weighted by atomic mass is 32.2. The van der Waals surface area contributed by atoms with Crippen LogP contribution in [0.5, 0.6) is 0 Å². The average molecular weight is 424 g/mol. The zero-order valence-corrected chi connectivity index (χ0v) is 15.8. The average Bonchev–Trinajstić information content (AvgIpc) is 3.06. The lowest BCUT2D eigenvalue weighted by Gasteiger charge is -2.11. The SMILES string of the molecule is CC(=O)Nc1ccc(-c2cc(C(F)(F)F)nn2NS(=O)(=O)c2ccccc2)cc1. The van der Waals surface area contributed by atoms with Crippen LogP contribution >= 0.6 is 0 Å². The Morgan fingerprint density at radius 2 is 1.66 bits per heavy atom. The quantitative estimate of drug-likeness (QED) is 0.656. The Hall–Kier alpha value is -3.34. The molecule has 0 unspecified atom stereocenters. The van der Waals surface area contributed by atoms with E-state index in [-0.39, 0.29) is 22.1 Å². The highest BCUT2D eigenvalue weighted by Gasteiger charge is 2.35. The highest BCUT2D eigenvalue weighted by molar-refractivity contribution is 7.92. The van der Waals surface area contributed by atoms with Crippen molar-refractivity contribution in [1.82, 2.24) is 9.89 Å². The number of aromatic nitrogens is 2. The standard InChI is InChI=1S/C18H15F3N4O3S/c1-12(26)22-14-9-7-13(8-10-14)16-11-17(18(19,20)21)23-25(16)24-29(27,28)15-5-3-2-4-6-15/h2-11,24H,1H3,(H,22,26). The zero-order chi connectivity index (χ0) is 21.2. The molecule has 1 amide bonds. The molecule has 1 heterocycles. The van der Waals surface area contributed by atoms with Crippen LogP contribution < -0.4 is 10.1 Å². The number of carbonyl (C=O) groups excluding carboxylic acids is 1. The van der Waals surface area contributed by atoms with Gasteiger partial charge in [0.1, 0.15) is 0 Å². The summed E-state index contributed by atoms with van der Waals surface area (Å²) in [5.41, 5.74) is -0.675. The summed E-state index contributed by atoms with van der Waals surface area (Å²) >= 11 is 0. The predicted octanol–water partition coefficient (Wildman–Crippen LogP) is 3.46. The third-order valence-corrected chi connectivity index (χ3v) is 5.07. The van der Waals surface area contributed by atoms with Gasteiger partial charge in [-0.15, -0.1) is 5.10 Å². The van der Waals surface area contributed by atoms with Crippen molar-refractivity contribution in [3.63, 3.8) is 0 Å². The van der Waals surface area contributed by atoms with Gasteiger partial charge in [-0.25, -0.2) is 0 Å². The van der Waals surface area contributed by atoms with E-state index in [2.05, 4.69) is 10.4 Å². The Morgan fingerprint density at radius 1 is 1.03 bits per heavy atom. The van der Waals surface area contributed by atoms with Crippen molar-refractivity contribution in [3.8, 4) is 11.3 Å². The number of rotatable bonds is 5. The molecule has 0 aliphatic heterocycles. The minimum Gasteiger partial charge on any atom is -0.326 e.